The van der Waals surface area contributed by atoms with Gasteiger partial charge in [-0.1, -0.05) is 42.5 Å². The number of amidine groups is 1. The fourth-order valence-corrected chi connectivity index (χ4v) is 5.86. The Labute approximate surface area is 198 Å². The molecule has 2 aromatic carbocycles. The van der Waals surface area contributed by atoms with E-state index in [-0.39, 0.29) is 6.02 Å². The molecule has 1 aromatic heterocycles. The van der Waals surface area contributed by atoms with Crippen molar-refractivity contribution in [2.45, 2.75) is 37.7 Å². The Bertz CT molecular complexity index is 1400. The van der Waals surface area contributed by atoms with E-state index >= 15 is 0 Å². The number of nitrogens with zero attached hydrogens (tertiary/aromatic N) is 3. The van der Waals surface area contributed by atoms with Crippen molar-refractivity contribution in [3.63, 3.8) is 0 Å². The number of ether oxygens (including phenoxy) is 1. The molecular weight excluding hydrogens is 455 g/mol. The van der Waals surface area contributed by atoms with Crippen LogP contribution in [0.1, 0.15) is 48.9 Å². The van der Waals surface area contributed by atoms with Crippen molar-refractivity contribution in [2.75, 3.05) is 0 Å². The van der Waals surface area contributed by atoms with Crippen molar-refractivity contribution in [3.8, 4) is 17.2 Å². The molecule has 0 unspecified atom stereocenters. The SMILES string of the molecule is C[C@H](N=C1NS(=O)(=O)[C@H](c2ccc(-c3ccnc(C#N)c3)cc2)C(C)(C)O1)c1ccccc1F. The maximum atomic E-state index is 14.1. The van der Waals surface area contributed by atoms with Crippen LogP contribution in [0.15, 0.2) is 71.9 Å². The summed E-state index contributed by atoms with van der Waals surface area (Å²) in [5.74, 6) is -0.425. The van der Waals surface area contributed by atoms with Crippen LogP contribution in [0.3, 0.4) is 0 Å². The van der Waals surface area contributed by atoms with Crippen molar-refractivity contribution >= 4 is 16.0 Å². The van der Waals surface area contributed by atoms with Crippen molar-refractivity contribution in [2.24, 2.45) is 4.99 Å². The van der Waals surface area contributed by atoms with Crippen LogP contribution in [0.4, 0.5) is 4.39 Å². The molecule has 0 spiro atoms. The number of hydrogen-bond acceptors (Lipinski definition) is 6. The first-order chi connectivity index (χ1) is 16.1. The van der Waals surface area contributed by atoms with Crippen molar-refractivity contribution < 1.29 is 17.5 Å². The van der Waals surface area contributed by atoms with E-state index in [1.807, 2.05) is 6.07 Å². The maximum Gasteiger partial charge on any atom is 0.299 e. The zero-order valence-electron chi connectivity index (χ0n) is 18.9. The Morgan fingerprint density at radius 3 is 2.50 bits per heavy atom. The first-order valence-corrected chi connectivity index (χ1v) is 12.1. The monoisotopic (exact) mass is 478 g/mol. The smallest absolute Gasteiger partial charge is 0.299 e. The van der Waals surface area contributed by atoms with Crippen LogP contribution in [0, 0.1) is 17.1 Å². The molecule has 1 fully saturated rings. The molecule has 1 aliphatic rings. The van der Waals surface area contributed by atoms with Gasteiger partial charge in [-0.3, -0.25) is 0 Å². The molecule has 0 aliphatic carbocycles. The molecule has 0 amide bonds. The average molecular weight is 479 g/mol. The Balaban J connectivity index is 1.62. The van der Waals surface area contributed by atoms with E-state index in [0.717, 1.165) is 11.1 Å². The molecule has 0 saturated carbocycles. The normalized spacial score (nSPS) is 20.6. The third-order valence-electron chi connectivity index (χ3n) is 5.62. The van der Waals surface area contributed by atoms with E-state index in [0.29, 0.717) is 16.8 Å². The third-order valence-corrected chi connectivity index (χ3v) is 7.54. The predicted molar refractivity (Wildman–Crippen MR) is 127 cm³/mol. The molecule has 2 heterocycles. The topological polar surface area (TPSA) is 104 Å². The minimum absolute atomic E-state index is 0.172. The number of nitriles is 1. The van der Waals surface area contributed by atoms with Gasteiger partial charge in [-0.25, -0.2) is 27.5 Å². The summed E-state index contributed by atoms with van der Waals surface area (Å²) in [6, 6.07) is 17.9. The number of aromatic nitrogens is 1. The summed E-state index contributed by atoms with van der Waals surface area (Å²) >= 11 is 0. The van der Waals surface area contributed by atoms with Gasteiger partial charge in [-0.15, -0.1) is 0 Å². The lowest BCUT2D eigenvalue weighted by Gasteiger charge is -2.39. The van der Waals surface area contributed by atoms with E-state index in [1.54, 1.807) is 81.6 Å². The lowest BCUT2D eigenvalue weighted by Crippen LogP contribution is -2.53. The molecule has 34 heavy (non-hydrogen) atoms. The minimum atomic E-state index is -3.91. The highest BCUT2D eigenvalue weighted by molar-refractivity contribution is 7.90. The average Bonchev–Trinajstić information content (AvgIpc) is 2.78. The molecule has 174 valence electrons. The Morgan fingerprint density at radius 1 is 1.15 bits per heavy atom. The second kappa shape index (κ2) is 8.88. The van der Waals surface area contributed by atoms with Crippen LogP contribution in [-0.4, -0.2) is 25.0 Å². The number of sulfonamides is 1. The van der Waals surface area contributed by atoms with Crippen LogP contribution < -0.4 is 4.72 Å². The number of halogens is 1. The number of benzene rings is 2. The van der Waals surface area contributed by atoms with Crippen LogP contribution in [0.2, 0.25) is 0 Å². The molecule has 0 radical (unpaired) electrons. The highest BCUT2D eigenvalue weighted by atomic mass is 32.2. The summed E-state index contributed by atoms with van der Waals surface area (Å²) in [7, 11) is -3.91. The van der Waals surface area contributed by atoms with E-state index in [9.17, 15) is 12.8 Å². The second-order valence-corrected chi connectivity index (χ2v) is 10.3. The molecule has 7 nitrogen and oxygen atoms in total. The first-order valence-electron chi connectivity index (χ1n) is 10.6. The Hall–Kier alpha value is -3.77. The fourth-order valence-electron chi connectivity index (χ4n) is 4.09. The molecule has 1 aliphatic heterocycles. The highest BCUT2D eigenvalue weighted by Crippen LogP contribution is 2.39. The zero-order chi connectivity index (χ0) is 24.5. The van der Waals surface area contributed by atoms with Crippen molar-refractivity contribution in [3.05, 3.63) is 89.5 Å². The first kappa shape index (κ1) is 23.4. The molecule has 2 atom stereocenters. The molecule has 1 saturated heterocycles. The Kier molecular flexibility index (Phi) is 6.11. The quantitative estimate of drug-likeness (QED) is 0.588. The van der Waals surface area contributed by atoms with Gasteiger partial charge in [0, 0.05) is 11.8 Å². The second-order valence-electron chi connectivity index (χ2n) is 8.53. The molecule has 1 N–H and O–H groups in total. The standard InChI is InChI=1S/C25H23FN4O3S/c1-16(21-6-4-5-7-22(21)26)29-24-30-34(31,32)23(25(2,3)33-24)18-10-8-17(9-11-18)19-12-13-28-20(14-19)15-27/h4-14,16,23H,1-3H3,(H,29,30)/t16-,23+/m0/s1. The van der Waals surface area contributed by atoms with Gasteiger partial charge in [0.15, 0.2) is 0 Å². The van der Waals surface area contributed by atoms with Crippen molar-refractivity contribution in [1.29, 1.82) is 5.26 Å². The Morgan fingerprint density at radius 2 is 1.85 bits per heavy atom. The molecule has 4 rings (SSSR count). The van der Waals surface area contributed by atoms with Crippen LogP contribution >= 0.6 is 0 Å². The van der Waals surface area contributed by atoms with Crippen LogP contribution in [0.25, 0.3) is 11.1 Å². The molecule has 0 bridgehead atoms. The molecule has 3 aromatic rings. The zero-order valence-corrected chi connectivity index (χ0v) is 19.7. The lowest BCUT2D eigenvalue weighted by atomic mass is 9.95. The van der Waals surface area contributed by atoms with Gasteiger partial charge < -0.3 is 4.74 Å². The van der Waals surface area contributed by atoms with Gasteiger partial charge in [0.1, 0.15) is 28.4 Å². The summed E-state index contributed by atoms with van der Waals surface area (Å²) < 4.78 is 49.0. The fraction of sp³-hybridized carbons (Fsp3) is 0.240. The summed E-state index contributed by atoms with van der Waals surface area (Å²) in [6.45, 7) is 5.02. The van der Waals surface area contributed by atoms with E-state index in [2.05, 4.69) is 14.7 Å². The minimum Gasteiger partial charge on any atom is -0.457 e. The van der Waals surface area contributed by atoms with Gasteiger partial charge in [-0.05, 0) is 55.7 Å². The van der Waals surface area contributed by atoms with E-state index < -0.39 is 32.7 Å². The van der Waals surface area contributed by atoms with E-state index in [1.165, 1.54) is 6.07 Å². The van der Waals surface area contributed by atoms with Gasteiger partial charge in [-0.2, -0.15) is 5.26 Å². The molecular formula is C25H23FN4O3S. The largest absolute Gasteiger partial charge is 0.457 e. The number of nitrogens with one attached hydrogen (secondary N) is 1. The highest BCUT2D eigenvalue weighted by Gasteiger charge is 2.48. The number of hydrogen-bond donors (Lipinski definition) is 1. The van der Waals surface area contributed by atoms with Crippen LogP contribution in [-0.2, 0) is 14.8 Å². The summed E-state index contributed by atoms with van der Waals surface area (Å²) in [5, 5.41) is 8.05. The van der Waals surface area contributed by atoms with Gasteiger partial charge in [0.05, 0.1) is 6.04 Å². The van der Waals surface area contributed by atoms with Gasteiger partial charge in [0.25, 0.3) is 6.02 Å². The number of rotatable bonds is 4. The summed E-state index contributed by atoms with van der Waals surface area (Å²) in [4.78, 5) is 8.26. The van der Waals surface area contributed by atoms with Gasteiger partial charge >= 0.3 is 0 Å². The number of pyridine rings is 1. The van der Waals surface area contributed by atoms with E-state index in [4.69, 9.17) is 10.00 Å². The maximum absolute atomic E-state index is 14.1. The van der Waals surface area contributed by atoms with Gasteiger partial charge in [0.2, 0.25) is 10.0 Å². The third kappa shape index (κ3) is 4.63. The van der Waals surface area contributed by atoms with Crippen LogP contribution in [0.5, 0.6) is 0 Å². The number of aliphatic imine (C=N–C) groups is 1. The predicted octanol–water partition coefficient (Wildman–Crippen LogP) is 4.65. The lowest BCUT2D eigenvalue weighted by molar-refractivity contribution is 0.0761. The van der Waals surface area contributed by atoms with Crippen molar-refractivity contribution in [1.82, 2.24) is 9.71 Å². The summed E-state index contributed by atoms with van der Waals surface area (Å²) in [6.07, 6.45) is 1.55. The summed E-state index contributed by atoms with van der Waals surface area (Å²) in [5.41, 5.74) is 1.65. The molecule has 9 heteroatoms.